The van der Waals surface area contributed by atoms with E-state index in [1.807, 2.05) is 0 Å². The lowest BCUT2D eigenvalue weighted by molar-refractivity contribution is -0.132. The highest BCUT2D eigenvalue weighted by Crippen LogP contribution is 2.30. The maximum atomic E-state index is 13.0. The van der Waals surface area contributed by atoms with Crippen LogP contribution in [0.5, 0.6) is 0 Å². The van der Waals surface area contributed by atoms with Crippen LogP contribution in [0.4, 0.5) is 0 Å². The zero-order valence-electron chi connectivity index (χ0n) is 14.7. The molecule has 1 aromatic carbocycles. The minimum absolute atomic E-state index is 0.300. The van der Waals surface area contributed by atoms with E-state index in [-0.39, 0.29) is 0 Å². The molecule has 2 aliphatic heterocycles. The zero-order chi connectivity index (χ0) is 16.7. The summed E-state index contributed by atoms with van der Waals surface area (Å²) in [5.74, 6) is 0.300. The number of aryl methyl sites for hydroxylation is 1. The van der Waals surface area contributed by atoms with Gasteiger partial charge in [0.25, 0.3) is 0 Å². The van der Waals surface area contributed by atoms with Gasteiger partial charge in [-0.15, -0.1) is 0 Å². The highest BCUT2D eigenvalue weighted by molar-refractivity contribution is 5.89. The summed E-state index contributed by atoms with van der Waals surface area (Å²) >= 11 is 0. The minimum Gasteiger partial charge on any atom is -0.350 e. The largest absolute Gasteiger partial charge is 0.350 e. The second-order valence-electron chi connectivity index (χ2n) is 7.45. The van der Waals surface area contributed by atoms with Crippen LogP contribution in [-0.4, -0.2) is 52.5 Å². The van der Waals surface area contributed by atoms with Crippen LogP contribution >= 0.6 is 0 Å². The summed E-state index contributed by atoms with van der Waals surface area (Å²) < 4.78 is 2.13. The van der Waals surface area contributed by atoms with Gasteiger partial charge < -0.3 is 14.4 Å². The van der Waals surface area contributed by atoms with E-state index in [0.29, 0.717) is 24.4 Å². The van der Waals surface area contributed by atoms with Crippen molar-refractivity contribution in [2.75, 3.05) is 20.1 Å². The van der Waals surface area contributed by atoms with Crippen molar-refractivity contribution in [3.8, 4) is 0 Å². The van der Waals surface area contributed by atoms with Gasteiger partial charge in [0.1, 0.15) is 0 Å². The monoisotopic (exact) mass is 325 g/mol. The number of amides is 1. The van der Waals surface area contributed by atoms with Crippen LogP contribution in [0.1, 0.15) is 31.2 Å². The highest BCUT2D eigenvalue weighted by Gasteiger charge is 2.38. The quantitative estimate of drug-likeness (QED) is 0.868. The summed E-state index contributed by atoms with van der Waals surface area (Å²) in [6.07, 6.45) is 7.46. The van der Waals surface area contributed by atoms with E-state index in [2.05, 4.69) is 58.9 Å². The second kappa shape index (κ2) is 6.25. The summed E-state index contributed by atoms with van der Waals surface area (Å²) in [6.45, 7) is 2.10. The number of carbonyl (C=O) groups excluding carboxylic acids is 1. The number of rotatable bonds is 3. The van der Waals surface area contributed by atoms with Gasteiger partial charge in [0.2, 0.25) is 5.91 Å². The Bertz CT molecular complexity index is 750. The van der Waals surface area contributed by atoms with Crippen LogP contribution in [0.3, 0.4) is 0 Å². The molecule has 1 aromatic heterocycles. The predicted octanol–water partition coefficient (Wildman–Crippen LogP) is 2.81. The van der Waals surface area contributed by atoms with E-state index < -0.39 is 0 Å². The molecule has 0 bridgehead atoms. The third-order valence-electron chi connectivity index (χ3n) is 5.96. The molecule has 0 aliphatic carbocycles. The van der Waals surface area contributed by atoms with E-state index >= 15 is 0 Å². The van der Waals surface area contributed by atoms with Crippen molar-refractivity contribution in [1.29, 1.82) is 0 Å². The van der Waals surface area contributed by atoms with Gasteiger partial charge in [0, 0.05) is 42.8 Å². The minimum atomic E-state index is 0.300. The molecule has 1 amide bonds. The summed E-state index contributed by atoms with van der Waals surface area (Å²) in [5, 5.41) is 1.21. The Kier molecular flexibility index (Phi) is 4.09. The molecule has 0 radical (unpaired) electrons. The van der Waals surface area contributed by atoms with Gasteiger partial charge in [-0.3, -0.25) is 4.79 Å². The summed E-state index contributed by atoms with van der Waals surface area (Å²) in [4.78, 5) is 17.7. The van der Waals surface area contributed by atoms with E-state index in [1.165, 1.54) is 30.3 Å². The van der Waals surface area contributed by atoms with Gasteiger partial charge in [0.05, 0.1) is 6.42 Å². The molecule has 2 atom stereocenters. The van der Waals surface area contributed by atoms with Gasteiger partial charge in [0.15, 0.2) is 0 Å². The average molecular weight is 325 g/mol. The Balaban J connectivity index is 1.54. The van der Waals surface area contributed by atoms with Crippen LogP contribution in [0.25, 0.3) is 10.9 Å². The van der Waals surface area contributed by atoms with E-state index in [0.717, 1.165) is 24.9 Å². The van der Waals surface area contributed by atoms with E-state index in [1.54, 1.807) is 0 Å². The number of aromatic nitrogens is 1. The molecule has 4 nitrogen and oxygen atoms in total. The molecule has 0 saturated carbocycles. The Morgan fingerprint density at radius 3 is 2.62 bits per heavy atom. The number of benzene rings is 1. The fourth-order valence-corrected chi connectivity index (χ4v) is 4.76. The van der Waals surface area contributed by atoms with Crippen LogP contribution in [0.15, 0.2) is 30.5 Å². The lowest BCUT2D eigenvalue weighted by Crippen LogP contribution is -2.47. The van der Waals surface area contributed by atoms with Crippen molar-refractivity contribution in [2.24, 2.45) is 7.05 Å². The third kappa shape index (κ3) is 2.63. The highest BCUT2D eigenvalue weighted by atomic mass is 16.2. The van der Waals surface area contributed by atoms with Crippen molar-refractivity contribution >= 4 is 16.8 Å². The molecule has 0 N–H and O–H groups in total. The molecular weight excluding hydrogens is 298 g/mol. The first-order valence-corrected chi connectivity index (χ1v) is 9.18. The van der Waals surface area contributed by atoms with Crippen molar-refractivity contribution in [3.63, 3.8) is 0 Å². The molecule has 3 heterocycles. The van der Waals surface area contributed by atoms with E-state index in [9.17, 15) is 4.79 Å². The van der Waals surface area contributed by atoms with Crippen molar-refractivity contribution in [1.82, 2.24) is 14.4 Å². The van der Waals surface area contributed by atoms with Gasteiger partial charge in [-0.05, 0) is 50.9 Å². The molecule has 4 rings (SSSR count). The molecule has 24 heavy (non-hydrogen) atoms. The SMILES string of the molecule is CN1CCC[C@@H]1[C@@H]1CCCN1C(=O)Cc1cn(C)c2ccccc12. The Hall–Kier alpha value is -1.81. The van der Waals surface area contributed by atoms with E-state index in [4.69, 9.17) is 0 Å². The molecule has 0 unspecified atom stereocenters. The number of likely N-dealkylation sites (N-methyl/N-ethyl adjacent to an activating group) is 1. The normalized spacial score (nSPS) is 25.0. The average Bonchev–Trinajstić information content (AvgIpc) is 3.28. The molecule has 2 saturated heterocycles. The first kappa shape index (κ1) is 15.7. The smallest absolute Gasteiger partial charge is 0.227 e. The number of hydrogen-bond donors (Lipinski definition) is 0. The van der Waals surface area contributed by atoms with Gasteiger partial charge >= 0.3 is 0 Å². The number of para-hydroxylation sites is 1. The van der Waals surface area contributed by atoms with Gasteiger partial charge in [-0.25, -0.2) is 0 Å². The lowest BCUT2D eigenvalue weighted by Gasteiger charge is -2.33. The topological polar surface area (TPSA) is 28.5 Å². The van der Waals surface area contributed by atoms with Crippen molar-refractivity contribution in [2.45, 2.75) is 44.2 Å². The van der Waals surface area contributed by atoms with Crippen molar-refractivity contribution < 1.29 is 4.79 Å². The number of likely N-dealkylation sites (tertiary alicyclic amines) is 2. The zero-order valence-corrected chi connectivity index (χ0v) is 14.7. The summed E-state index contributed by atoms with van der Waals surface area (Å²) in [6, 6.07) is 9.34. The fourth-order valence-electron chi connectivity index (χ4n) is 4.76. The number of fused-ring (bicyclic) bond motifs is 1. The fraction of sp³-hybridized carbons (Fsp3) is 0.550. The molecule has 0 spiro atoms. The molecule has 4 heteroatoms. The lowest BCUT2D eigenvalue weighted by atomic mass is 10.0. The maximum absolute atomic E-state index is 13.0. The van der Waals surface area contributed by atoms with Crippen LogP contribution in [0.2, 0.25) is 0 Å². The first-order valence-electron chi connectivity index (χ1n) is 9.18. The van der Waals surface area contributed by atoms with Crippen LogP contribution in [0, 0.1) is 0 Å². The van der Waals surface area contributed by atoms with Gasteiger partial charge in [-0.2, -0.15) is 0 Å². The Labute approximate surface area is 144 Å². The number of hydrogen-bond acceptors (Lipinski definition) is 2. The third-order valence-corrected chi connectivity index (χ3v) is 5.96. The van der Waals surface area contributed by atoms with Gasteiger partial charge in [-0.1, -0.05) is 18.2 Å². The second-order valence-corrected chi connectivity index (χ2v) is 7.45. The summed E-state index contributed by atoms with van der Waals surface area (Å²) in [7, 11) is 4.27. The van der Waals surface area contributed by atoms with Crippen molar-refractivity contribution in [3.05, 3.63) is 36.0 Å². The first-order chi connectivity index (χ1) is 11.6. The Morgan fingerprint density at radius 1 is 1.08 bits per heavy atom. The number of nitrogens with zero attached hydrogens (tertiary/aromatic N) is 3. The molecule has 2 aromatic rings. The predicted molar refractivity (Wildman–Crippen MR) is 97.0 cm³/mol. The van der Waals surface area contributed by atoms with Crippen LogP contribution in [-0.2, 0) is 18.3 Å². The number of carbonyl (C=O) groups is 1. The molecule has 128 valence electrons. The molecule has 2 fully saturated rings. The maximum Gasteiger partial charge on any atom is 0.227 e. The summed E-state index contributed by atoms with van der Waals surface area (Å²) in [5.41, 5.74) is 2.36. The molecular formula is C20H27N3O. The Morgan fingerprint density at radius 2 is 1.83 bits per heavy atom. The molecule has 2 aliphatic rings. The van der Waals surface area contributed by atoms with Crippen LogP contribution < -0.4 is 0 Å². The standard InChI is InChI=1S/C20H27N3O/c1-21-11-5-9-18(21)19-10-6-12-23(19)20(24)13-15-14-22(2)17-8-4-3-7-16(15)17/h3-4,7-8,14,18-19H,5-6,9-13H2,1-2H3/t18-,19+/m1/s1.